The van der Waals surface area contributed by atoms with E-state index in [1.807, 2.05) is 20.8 Å². The predicted octanol–water partition coefficient (Wildman–Crippen LogP) is 2.62. The molecule has 1 heterocycles. The smallest absolute Gasteiger partial charge is 0.229 e. The molecular weight excluding hydrogens is 352 g/mol. The molecule has 2 amide bonds. The number of anilines is 1. The van der Waals surface area contributed by atoms with Crippen molar-refractivity contribution in [2.75, 3.05) is 24.7 Å². The van der Waals surface area contributed by atoms with Crippen LogP contribution in [0.5, 0.6) is 0 Å². The molecule has 7 heteroatoms. The predicted molar refractivity (Wildman–Crippen MR) is 102 cm³/mol. The molecule has 1 aromatic carbocycles. The average Bonchev–Trinajstić information content (AvgIpc) is 2.54. The molecule has 6 nitrogen and oxygen atoms in total. The first-order chi connectivity index (χ1) is 11.9. The highest BCUT2D eigenvalue weighted by molar-refractivity contribution is 7.90. The van der Waals surface area contributed by atoms with Crippen LogP contribution in [0, 0.1) is 18.3 Å². The number of carbonyl (C=O) groups excluding carboxylic acids is 2. The fourth-order valence-electron chi connectivity index (χ4n) is 3.09. The summed E-state index contributed by atoms with van der Waals surface area (Å²) in [5, 5.41) is 2.89. The molecule has 1 unspecified atom stereocenters. The maximum atomic E-state index is 12.7. The minimum Gasteiger partial charge on any atom is -0.341 e. The lowest BCUT2D eigenvalue weighted by Crippen LogP contribution is -2.47. The van der Waals surface area contributed by atoms with E-state index in [1.54, 1.807) is 24.0 Å². The second-order valence-electron chi connectivity index (χ2n) is 8.08. The lowest BCUT2D eigenvalue weighted by atomic mass is 9.91. The Hall–Kier alpha value is -1.89. The maximum Gasteiger partial charge on any atom is 0.229 e. The van der Waals surface area contributed by atoms with Gasteiger partial charge in [-0.1, -0.05) is 20.8 Å². The van der Waals surface area contributed by atoms with Crippen molar-refractivity contribution in [2.45, 2.75) is 45.4 Å². The summed E-state index contributed by atoms with van der Waals surface area (Å²) in [7, 11) is -3.28. The Kier molecular flexibility index (Phi) is 5.80. The van der Waals surface area contributed by atoms with Gasteiger partial charge < -0.3 is 10.2 Å². The number of nitrogens with one attached hydrogen (secondary N) is 1. The van der Waals surface area contributed by atoms with Crippen molar-refractivity contribution in [2.24, 2.45) is 11.3 Å². The second kappa shape index (κ2) is 7.39. The van der Waals surface area contributed by atoms with Crippen LogP contribution >= 0.6 is 0 Å². The van der Waals surface area contributed by atoms with Crippen LogP contribution in [0.25, 0.3) is 0 Å². The molecule has 144 valence electrons. The molecule has 0 radical (unpaired) electrons. The monoisotopic (exact) mass is 380 g/mol. The Morgan fingerprint density at radius 1 is 1.23 bits per heavy atom. The molecule has 1 saturated heterocycles. The third kappa shape index (κ3) is 4.84. The molecule has 2 rings (SSSR count). The van der Waals surface area contributed by atoms with Crippen molar-refractivity contribution in [3.63, 3.8) is 0 Å². The minimum absolute atomic E-state index is 0.0590. The van der Waals surface area contributed by atoms with Gasteiger partial charge in [-0.2, -0.15) is 0 Å². The Morgan fingerprint density at radius 2 is 1.88 bits per heavy atom. The molecule has 0 saturated carbocycles. The molecule has 1 aliphatic rings. The van der Waals surface area contributed by atoms with Crippen LogP contribution < -0.4 is 5.32 Å². The normalized spacial score (nSPS) is 18.5. The van der Waals surface area contributed by atoms with Crippen LogP contribution in [0.2, 0.25) is 0 Å². The number of likely N-dealkylation sites (tertiary alicyclic amines) is 1. The Labute approximate surface area is 155 Å². The van der Waals surface area contributed by atoms with Gasteiger partial charge in [-0.05, 0) is 43.5 Å². The molecule has 1 aliphatic heterocycles. The van der Waals surface area contributed by atoms with Gasteiger partial charge in [0.2, 0.25) is 11.8 Å². The first kappa shape index (κ1) is 20.4. The van der Waals surface area contributed by atoms with Gasteiger partial charge in [0.05, 0.1) is 10.8 Å². The third-order valence-corrected chi connectivity index (χ3v) is 5.72. The molecule has 1 atom stereocenters. The number of hydrogen-bond acceptors (Lipinski definition) is 4. The highest BCUT2D eigenvalue weighted by atomic mass is 32.2. The van der Waals surface area contributed by atoms with E-state index in [9.17, 15) is 18.0 Å². The maximum absolute atomic E-state index is 12.7. The largest absolute Gasteiger partial charge is 0.341 e. The number of hydrogen-bond donors (Lipinski definition) is 1. The summed E-state index contributed by atoms with van der Waals surface area (Å²) in [5.41, 5.74) is 0.831. The molecule has 0 spiro atoms. The van der Waals surface area contributed by atoms with Gasteiger partial charge in [-0.25, -0.2) is 8.42 Å². The van der Waals surface area contributed by atoms with Gasteiger partial charge in [0.1, 0.15) is 0 Å². The summed E-state index contributed by atoms with van der Waals surface area (Å²) in [5.74, 6) is -0.334. The quantitative estimate of drug-likeness (QED) is 0.874. The summed E-state index contributed by atoms with van der Waals surface area (Å²) >= 11 is 0. The van der Waals surface area contributed by atoms with Crippen molar-refractivity contribution in [1.29, 1.82) is 0 Å². The van der Waals surface area contributed by atoms with Crippen LogP contribution in [0.3, 0.4) is 0 Å². The van der Waals surface area contributed by atoms with Gasteiger partial charge in [0.15, 0.2) is 9.84 Å². The number of benzene rings is 1. The number of carbonyl (C=O) groups is 2. The van der Waals surface area contributed by atoms with Gasteiger partial charge in [0, 0.05) is 30.4 Å². The summed E-state index contributed by atoms with van der Waals surface area (Å²) in [6.07, 6.45) is 2.69. The highest BCUT2D eigenvalue weighted by Crippen LogP contribution is 2.25. The van der Waals surface area contributed by atoms with Gasteiger partial charge in [-0.3, -0.25) is 9.59 Å². The number of nitrogens with zero attached hydrogens (tertiary/aromatic N) is 1. The van der Waals surface area contributed by atoms with Gasteiger partial charge >= 0.3 is 0 Å². The van der Waals surface area contributed by atoms with E-state index >= 15 is 0 Å². The minimum atomic E-state index is -3.28. The van der Waals surface area contributed by atoms with E-state index in [4.69, 9.17) is 0 Å². The lowest BCUT2D eigenvalue weighted by Gasteiger charge is -2.36. The standard InChI is InChI=1S/C19H28N2O4S/c1-13-11-15(26(5,24)25)8-9-16(13)20-17(22)14-7-6-10-21(12-14)18(23)19(2,3)4/h8-9,11,14H,6-7,10,12H2,1-5H3,(H,20,22). The summed E-state index contributed by atoms with van der Waals surface area (Å²) < 4.78 is 23.2. The summed E-state index contributed by atoms with van der Waals surface area (Å²) in [4.78, 5) is 27.1. The molecule has 0 bridgehead atoms. The Morgan fingerprint density at radius 3 is 2.42 bits per heavy atom. The zero-order chi connectivity index (χ0) is 19.7. The number of piperidine rings is 1. The lowest BCUT2D eigenvalue weighted by molar-refractivity contribution is -0.142. The van der Waals surface area contributed by atoms with E-state index in [0.29, 0.717) is 24.3 Å². The van der Waals surface area contributed by atoms with E-state index < -0.39 is 15.3 Å². The van der Waals surface area contributed by atoms with E-state index in [-0.39, 0.29) is 22.6 Å². The molecule has 0 aliphatic carbocycles. The molecule has 26 heavy (non-hydrogen) atoms. The topological polar surface area (TPSA) is 83.6 Å². The summed E-state index contributed by atoms with van der Waals surface area (Å²) in [6, 6.07) is 4.67. The molecular formula is C19H28N2O4S. The number of amides is 2. The zero-order valence-electron chi connectivity index (χ0n) is 16.1. The van der Waals surface area contributed by atoms with Crippen LogP contribution in [0.1, 0.15) is 39.2 Å². The van der Waals surface area contributed by atoms with Crippen LogP contribution in [0.15, 0.2) is 23.1 Å². The SMILES string of the molecule is Cc1cc(S(C)(=O)=O)ccc1NC(=O)C1CCCN(C(=O)C(C)(C)C)C1. The Balaban J connectivity index is 2.09. The van der Waals surface area contributed by atoms with Crippen LogP contribution in [0.4, 0.5) is 5.69 Å². The second-order valence-corrected chi connectivity index (χ2v) is 10.1. The molecule has 1 N–H and O–H groups in total. The molecule has 1 aromatic rings. The zero-order valence-corrected chi connectivity index (χ0v) is 16.9. The van der Waals surface area contributed by atoms with Gasteiger partial charge in [0.25, 0.3) is 0 Å². The van der Waals surface area contributed by atoms with E-state index in [0.717, 1.165) is 19.1 Å². The van der Waals surface area contributed by atoms with E-state index in [2.05, 4.69) is 5.32 Å². The number of rotatable bonds is 3. The van der Waals surface area contributed by atoms with Crippen molar-refractivity contribution >= 4 is 27.3 Å². The van der Waals surface area contributed by atoms with Crippen molar-refractivity contribution < 1.29 is 18.0 Å². The molecule has 1 fully saturated rings. The van der Waals surface area contributed by atoms with Crippen molar-refractivity contribution in [1.82, 2.24) is 4.90 Å². The number of aryl methyl sites for hydroxylation is 1. The first-order valence-corrected chi connectivity index (χ1v) is 10.7. The number of sulfone groups is 1. The summed E-state index contributed by atoms with van der Waals surface area (Å²) in [6.45, 7) is 8.51. The third-order valence-electron chi connectivity index (χ3n) is 4.60. The van der Waals surface area contributed by atoms with E-state index in [1.165, 1.54) is 6.07 Å². The van der Waals surface area contributed by atoms with Crippen LogP contribution in [-0.2, 0) is 19.4 Å². The van der Waals surface area contributed by atoms with Crippen LogP contribution in [-0.4, -0.2) is 44.5 Å². The molecule has 0 aromatic heterocycles. The fraction of sp³-hybridized carbons (Fsp3) is 0.579. The Bertz CT molecular complexity index is 809. The van der Waals surface area contributed by atoms with Gasteiger partial charge in [-0.15, -0.1) is 0 Å². The first-order valence-electron chi connectivity index (χ1n) is 8.80. The fourth-order valence-corrected chi connectivity index (χ4v) is 3.80. The van der Waals surface area contributed by atoms with Crippen molar-refractivity contribution in [3.8, 4) is 0 Å². The average molecular weight is 381 g/mol. The van der Waals surface area contributed by atoms with Crippen molar-refractivity contribution in [3.05, 3.63) is 23.8 Å². The highest BCUT2D eigenvalue weighted by Gasteiger charge is 2.33.